The molecule has 1 fully saturated rings. The molecular formula is C11H23NO3. The first-order valence-corrected chi connectivity index (χ1v) is 5.72. The highest BCUT2D eigenvalue weighted by Crippen LogP contribution is 2.32. The zero-order chi connectivity index (χ0) is 11.1. The minimum absolute atomic E-state index is 0.383. The van der Waals surface area contributed by atoms with E-state index in [0.29, 0.717) is 32.4 Å². The molecule has 2 N–H and O–H groups in total. The fraction of sp³-hybridized carbons (Fsp3) is 1.00. The molecule has 1 saturated carbocycles. The van der Waals surface area contributed by atoms with E-state index in [1.54, 1.807) is 7.11 Å². The van der Waals surface area contributed by atoms with E-state index in [4.69, 9.17) is 9.47 Å². The molecule has 0 heterocycles. The summed E-state index contributed by atoms with van der Waals surface area (Å²) in [6, 6.07) is 0.527. The van der Waals surface area contributed by atoms with Crippen LogP contribution in [0.3, 0.4) is 0 Å². The van der Waals surface area contributed by atoms with Crippen LogP contribution in [-0.4, -0.2) is 50.7 Å². The Labute approximate surface area is 92.0 Å². The summed E-state index contributed by atoms with van der Waals surface area (Å²) in [6.45, 7) is 4.30. The molecule has 0 amide bonds. The molecule has 90 valence electrons. The normalized spacial score (nSPS) is 20.2. The molecule has 1 rings (SSSR count). The van der Waals surface area contributed by atoms with Gasteiger partial charge in [-0.2, -0.15) is 0 Å². The van der Waals surface area contributed by atoms with Gasteiger partial charge >= 0.3 is 0 Å². The second-order valence-corrected chi connectivity index (χ2v) is 4.26. The van der Waals surface area contributed by atoms with E-state index >= 15 is 0 Å². The van der Waals surface area contributed by atoms with Crippen molar-refractivity contribution in [3.63, 3.8) is 0 Å². The lowest BCUT2D eigenvalue weighted by molar-refractivity contribution is 0.0128. The van der Waals surface area contributed by atoms with Gasteiger partial charge < -0.3 is 19.9 Å². The van der Waals surface area contributed by atoms with Gasteiger partial charge in [0.25, 0.3) is 0 Å². The van der Waals surface area contributed by atoms with Crippen LogP contribution in [0.4, 0.5) is 0 Å². The highest BCUT2D eigenvalue weighted by molar-refractivity contribution is 4.83. The van der Waals surface area contributed by atoms with Gasteiger partial charge in [0.1, 0.15) is 0 Å². The molecular weight excluding hydrogens is 194 g/mol. The zero-order valence-corrected chi connectivity index (χ0v) is 9.74. The first kappa shape index (κ1) is 12.9. The second-order valence-electron chi connectivity index (χ2n) is 4.26. The highest BCUT2D eigenvalue weighted by Gasteiger charge is 2.27. The van der Waals surface area contributed by atoms with E-state index in [2.05, 4.69) is 12.2 Å². The first-order valence-electron chi connectivity index (χ1n) is 5.72. The number of methoxy groups -OCH3 is 1. The largest absolute Gasteiger partial charge is 0.389 e. The van der Waals surface area contributed by atoms with E-state index in [-0.39, 0.29) is 0 Å². The molecule has 4 heteroatoms. The number of hydrogen-bond donors (Lipinski definition) is 2. The molecule has 0 aromatic carbocycles. The molecule has 4 nitrogen and oxygen atoms in total. The summed E-state index contributed by atoms with van der Waals surface area (Å²) in [6.07, 6.45) is 2.24. The number of hydrogen-bond acceptors (Lipinski definition) is 4. The van der Waals surface area contributed by atoms with Crippen LogP contribution < -0.4 is 5.32 Å². The summed E-state index contributed by atoms with van der Waals surface area (Å²) in [4.78, 5) is 0. The Hall–Kier alpha value is -0.160. The maximum Gasteiger partial charge on any atom is 0.0897 e. The van der Waals surface area contributed by atoms with Crippen LogP contribution in [0, 0.1) is 5.92 Å². The van der Waals surface area contributed by atoms with E-state index < -0.39 is 6.10 Å². The first-order chi connectivity index (χ1) is 7.24. The van der Waals surface area contributed by atoms with Crippen molar-refractivity contribution in [2.75, 3.05) is 33.5 Å². The highest BCUT2D eigenvalue weighted by atomic mass is 16.5. The maximum atomic E-state index is 9.57. The summed E-state index contributed by atoms with van der Waals surface area (Å²) >= 11 is 0. The summed E-state index contributed by atoms with van der Waals surface area (Å²) in [5.74, 6) is 0.826. The Morgan fingerprint density at radius 2 is 2.13 bits per heavy atom. The molecule has 0 aromatic heterocycles. The number of aliphatic hydroxyl groups excluding tert-OH is 1. The summed E-state index contributed by atoms with van der Waals surface area (Å²) in [7, 11) is 1.64. The predicted molar refractivity (Wildman–Crippen MR) is 58.9 cm³/mol. The summed E-state index contributed by atoms with van der Waals surface area (Å²) in [5.41, 5.74) is 0. The minimum atomic E-state index is -0.414. The standard InChI is InChI=1S/C11H23NO3/c1-9(10-3-4-10)12-7-11(13)8-15-6-5-14-2/h9-13H,3-8H2,1-2H3. The summed E-state index contributed by atoms with van der Waals surface area (Å²) < 4.78 is 10.1. The monoisotopic (exact) mass is 217 g/mol. The molecule has 15 heavy (non-hydrogen) atoms. The van der Waals surface area contributed by atoms with Gasteiger partial charge in [0.2, 0.25) is 0 Å². The van der Waals surface area contributed by atoms with Crippen molar-refractivity contribution in [1.82, 2.24) is 5.32 Å². The third-order valence-electron chi connectivity index (χ3n) is 2.75. The molecule has 1 aliphatic carbocycles. The van der Waals surface area contributed by atoms with E-state index in [0.717, 1.165) is 5.92 Å². The maximum absolute atomic E-state index is 9.57. The number of ether oxygens (including phenoxy) is 2. The Kier molecular flexibility index (Phi) is 6.17. The molecule has 0 saturated heterocycles. The predicted octanol–water partition coefficient (Wildman–Crippen LogP) is 0.398. The molecule has 0 aliphatic heterocycles. The molecule has 0 aromatic rings. The van der Waals surface area contributed by atoms with Gasteiger partial charge in [-0.05, 0) is 25.7 Å². The van der Waals surface area contributed by atoms with Gasteiger partial charge in [0, 0.05) is 19.7 Å². The fourth-order valence-corrected chi connectivity index (χ4v) is 1.51. The Balaban J connectivity index is 1.90. The molecule has 2 unspecified atom stereocenters. The average molecular weight is 217 g/mol. The number of rotatable bonds is 9. The Morgan fingerprint density at radius 3 is 2.73 bits per heavy atom. The minimum Gasteiger partial charge on any atom is -0.389 e. The topological polar surface area (TPSA) is 50.7 Å². The van der Waals surface area contributed by atoms with Gasteiger partial charge in [-0.15, -0.1) is 0 Å². The summed E-state index contributed by atoms with van der Waals surface area (Å²) in [5, 5.41) is 12.9. The van der Waals surface area contributed by atoms with Gasteiger partial charge in [-0.3, -0.25) is 0 Å². The van der Waals surface area contributed by atoms with Crippen LogP contribution in [0.25, 0.3) is 0 Å². The van der Waals surface area contributed by atoms with Crippen molar-refractivity contribution in [3.8, 4) is 0 Å². The van der Waals surface area contributed by atoms with Crippen molar-refractivity contribution in [2.24, 2.45) is 5.92 Å². The SMILES string of the molecule is COCCOCC(O)CNC(C)C1CC1. The third kappa shape index (κ3) is 6.10. The second kappa shape index (κ2) is 7.17. The lowest BCUT2D eigenvalue weighted by Gasteiger charge is -2.16. The fourth-order valence-electron chi connectivity index (χ4n) is 1.51. The van der Waals surface area contributed by atoms with Crippen LogP contribution in [0.1, 0.15) is 19.8 Å². The van der Waals surface area contributed by atoms with Crippen LogP contribution in [0.2, 0.25) is 0 Å². The van der Waals surface area contributed by atoms with Gasteiger partial charge in [0.15, 0.2) is 0 Å². The Morgan fingerprint density at radius 1 is 1.40 bits per heavy atom. The molecule has 1 aliphatic rings. The van der Waals surface area contributed by atoms with Crippen LogP contribution >= 0.6 is 0 Å². The van der Waals surface area contributed by atoms with Crippen molar-refractivity contribution in [2.45, 2.75) is 31.9 Å². The number of aliphatic hydroxyl groups is 1. The van der Waals surface area contributed by atoms with E-state index in [9.17, 15) is 5.11 Å². The van der Waals surface area contributed by atoms with Crippen molar-refractivity contribution >= 4 is 0 Å². The van der Waals surface area contributed by atoms with Gasteiger partial charge in [-0.1, -0.05) is 0 Å². The quantitative estimate of drug-likeness (QED) is 0.549. The van der Waals surface area contributed by atoms with Crippen LogP contribution in [-0.2, 0) is 9.47 Å². The van der Waals surface area contributed by atoms with Crippen molar-refractivity contribution in [1.29, 1.82) is 0 Å². The van der Waals surface area contributed by atoms with E-state index in [1.165, 1.54) is 12.8 Å². The van der Waals surface area contributed by atoms with Crippen molar-refractivity contribution in [3.05, 3.63) is 0 Å². The lowest BCUT2D eigenvalue weighted by atomic mass is 10.2. The average Bonchev–Trinajstić information content (AvgIpc) is 3.04. The molecule has 0 spiro atoms. The lowest BCUT2D eigenvalue weighted by Crippen LogP contribution is -2.37. The zero-order valence-electron chi connectivity index (χ0n) is 9.74. The van der Waals surface area contributed by atoms with Crippen LogP contribution in [0.15, 0.2) is 0 Å². The Bertz CT molecular complexity index is 162. The van der Waals surface area contributed by atoms with Gasteiger partial charge in [0.05, 0.1) is 25.9 Å². The third-order valence-corrected chi connectivity index (χ3v) is 2.75. The van der Waals surface area contributed by atoms with Gasteiger partial charge in [-0.25, -0.2) is 0 Å². The van der Waals surface area contributed by atoms with Crippen molar-refractivity contribution < 1.29 is 14.6 Å². The molecule has 0 radical (unpaired) electrons. The molecule has 2 atom stereocenters. The number of nitrogens with one attached hydrogen (secondary N) is 1. The van der Waals surface area contributed by atoms with E-state index in [1.807, 2.05) is 0 Å². The van der Waals surface area contributed by atoms with Crippen LogP contribution in [0.5, 0.6) is 0 Å². The smallest absolute Gasteiger partial charge is 0.0897 e. The molecule has 0 bridgehead atoms.